The number of aromatic nitrogens is 1. The summed E-state index contributed by atoms with van der Waals surface area (Å²) >= 11 is 0. The number of rotatable bonds is 3. The van der Waals surface area contributed by atoms with Crippen LogP contribution in [-0.4, -0.2) is 85.3 Å². The number of nitrogens with one attached hydrogen (secondary N) is 1. The molecule has 8 nitrogen and oxygen atoms in total. The first-order valence-electron chi connectivity index (χ1n) is 11.0. The van der Waals surface area contributed by atoms with Gasteiger partial charge < -0.3 is 24.8 Å². The minimum Gasteiger partial charge on any atom is -0.444 e. The zero-order valence-corrected chi connectivity index (χ0v) is 21.5. The van der Waals surface area contributed by atoms with Crippen LogP contribution in [0.25, 0.3) is 0 Å². The van der Waals surface area contributed by atoms with Crippen LogP contribution >= 0.6 is 24.0 Å². The highest BCUT2D eigenvalue weighted by atomic mass is 127. The molecule has 3 heterocycles. The molecule has 0 bridgehead atoms. The Morgan fingerprint density at radius 1 is 1.19 bits per heavy atom. The number of amides is 1. The van der Waals surface area contributed by atoms with E-state index < -0.39 is 5.60 Å². The molecule has 0 aliphatic carbocycles. The summed E-state index contributed by atoms with van der Waals surface area (Å²) in [6.07, 6.45) is 3.75. The average molecular weight is 544 g/mol. The minimum absolute atomic E-state index is 0. The molecule has 0 aromatic carbocycles. The Kier molecular flexibility index (Phi) is 9.64. The van der Waals surface area contributed by atoms with Gasteiger partial charge in [0.1, 0.15) is 11.4 Å². The van der Waals surface area contributed by atoms with E-state index in [-0.39, 0.29) is 30.1 Å². The number of carbonyl (C=O) groups excluding carboxylic acids is 1. The first kappa shape index (κ1) is 25.5. The van der Waals surface area contributed by atoms with Crippen LogP contribution in [0.5, 0.6) is 0 Å². The SMILES string of the molecule is CN=C(NCC1CCCN(C(=O)OC(C)(C)C)C1)N1CCN(c2ccccn2)CC1.I. The van der Waals surface area contributed by atoms with Gasteiger partial charge in [0.15, 0.2) is 5.96 Å². The summed E-state index contributed by atoms with van der Waals surface area (Å²) in [6.45, 7) is 11.7. The third kappa shape index (κ3) is 7.69. The van der Waals surface area contributed by atoms with Crippen molar-refractivity contribution in [3.63, 3.8) is 0 Å². The monoisotopic (exact) mass is 544 g/mol. The number of piperazine rings is 1. The molecule has 2 aliphatic rings. The number of anilines is 1. The maximum absolute atomic E-state index is 12.4. The number of nitrogens with zero attached hydrogens (tertiary/aromatic N) is 5. The smallest absolute Gasteiger partial charge is 0.410 e. The molecule has 2 aliphatic heterocycles. The molecule has 1 unspecified atom stereocenters. The van der Waals surface area contributed by atoms with Gasteiger partial charge in [0.05, 0.1) is 0 Å². The van der Waals surface area contributed by atoms with E-state index in [1.807, 2.05) is 51.0 Å². The summed E-state index contributed by atoms with van der Waals surface area (Å²) < 4.78 is 5.54. The fourth-order valence-electron chi connectivity index (χ4n) is 3.98. The van der Waals surface area contributed by atoms with E-state index in [0.29, 0.717) is 5.92 Å². The van der Waals surface area contributed by atoms with Crippen LogP contribution < -0.4 is 10.2 Å². The van der Waals surface area contributed by atoms with Crippen molar-refractivity contribution in [2.75, 3.05) is 57.8 Å². The van der Waals surface area contributed by atoms with Gasteiger partial charge in [-0.15, -0.1) is 24.0 Å². The molecular weight excluding hydrogens is 507 g/mol. The highest BCUT2D eigenvalue weighted by Crippen LogP contribution is 2.19. The molecule has 174 valence electrons. The number of halogens is 1. The molecule has 1 aromatic rings. The van der Waals surface area contributed by atoms with Crippen LogP contribution in [0.2, 0.25) is 0 Å². The van der Waals surface area contributed by atoms with Crippen molar-refractivity contribution < 1.29 is 9.53 Å². The molecule has 31 heavy (non-hydrogen) atoms. The number of likely N-dealkylation sites (tertiary alicyclic amines) is 1. The van der Waals surface area contributed by atoms with Gasteiger partial charge in [-0.2, -0.15) is 0 Å². The summed E-state index contributed by atoms with van der Waals surface area (Å²) in [5.41, 5.74) is -0.457. The zero-order chi connectivity index (χ0) is 21.6. The fourth-order valence-corrected chi connectivity index (χ4v) is 3.98. The van der Waals surface area contributed by atoms with Gasteiger partial charge in [0.25, 0.3) is 0 Å². The van der Waals surface area contributed by atoms with Crippen LogP contribution in [0, 0.1) is 5.92 Å². The Balaban J connectivity index is 0.00000341. The van der Waals surface area contributed by atoms with Crippen LogP contribution in [0.3, 0.4) is 0 Å². The van der Waals surface area contributed by atoms with Crippen LogP contribution in [-0.2, 0) is 4.74 Å². The number of hydrogen-bond acceptors (Lipinski definition) is 5. The van der Waals surface area contributed by atoms with Crippen molar-refractivity contribution in [1.82, 2.24) is 20.1 Å². The summed E-state index contributed by atoms with van der Waals surface area (Å²) in [7, 11) is 1.83. The molecule has 3 rings (SSSR count). The number of aliphatic imine (C=N–C) groups is 1. The van der Waals surface area contributed by atoms with Crippen molar-refractivity contribution in [3.8, 4) is 0 Å². The molecule has 9 heteroatoms. The molecule has 1 N–H and O–H groups in total. The Hall–Kier alpha value is -1.78. The zero-order valence-electron chi connectivity index (χ0n) is 19.2. The lowest BCUT2D eigenvalue weighted by atomic mass is 9.98. The third-order valence-electron chi connectivity index (χ3n) is 5.48. The van der Waals surface area contributed by atoms with E-state index in [0.717, 1.165) is 70.4 Å². The second-order valence-electron chi connectivity index (χ2n) is 9.02. The molecule has 2 fully saturated rings. The molecule has 1 aromatic heterocycles. The number of ether oxygens (including phenoxy) is 1. The van der Waals surface area contributed by atoms with E-state index in [9.17, 15) is 4.79 Å². The first-order chi connectivity index (χ1) is 14.4. The summed E-state index contributed by atoms with van der Waals surface area (Å²) in [6, 6.07) is 6.03. The fraction of sp³-hybridized carbons (Fsp3) is 0.682. The summed E-state index contributed by atoms with van der Waals surface area (Å²) in [5, 5.41) is 3.53. The van der Waals surface area contributed by atoms with Gasteiger partial charge in [-0.25, -0.2) is 9.78 Å². The predicted molar refractivity (Wildman–Crippen MR) is 135 cm³/mol. The number of piperidine rings is 1. The number of guanidine groups is 1. The lowest BCUT2D eigenvalue weighted by Gasteiger charge is -2.38. The largest absolute Gasteiger partial charge is 0.444 e. The van der Waals surface area contributed by atoms with E-state index in [4.69, 9.17) is 4.74 Å². The highest BCUT2D eigenvalue weighted by molar-refractivity contribution is 14.0. The lowest BCUT2D eigenvalue weighted by molar-refractivity contribution is 0.0168. The number of hydrogen-bond donors (Lipinski definition) is 1. The van der Waals surface area contributed by atoms with Gasteiger partial charge in [0, 0.05) is 59.1 Å². The summed E-state index contributed by atoms with van der Waals surface area (Å²) in [5.74, 6) is 2.37. The van der Waals surface area contributed by atoms with E-state index in [1.54, 1.807) is 0 Å². The molecule has 0 spiro atoms. The van der Waals surface area contributed by atoms with Gasteiger partial charge in [0.2, 0.25) is 0 Å². The minimum atomic E-state index is -0.457. The Morgan fingerprint density at radius 3 is 2.55 bits per heavy atom. The maximum atomic E-state index is 12.4. The molecule has 0 radical (unpaired) electrons. The van der Waals surface area contributed by atoms with Crippen molar-refractivity contribution in [2.24, 2.45) is 10.9 Å². The number of carbonyl (C=O) groups is 1. The Morgan fingerprint density at radius 2 is 1.94 bits per heavy atom. The molecular formula is C22H37IN6O2. The number of pyridine rings is 1. The highest BCUT2D eigenvalue weighted by Gasteiger charge is 2.28. The van der Waals surface area contributed by atoms with Crippen LogP contribution in [0.4, 0.5) is 10.6 Å². The van der Waals surface area contributed by atoms with E-state index in [1.165, 1.54) is 0 Å². The maximum Gasteiger partial charge on any atom is 0.410 e. The van der Waals surface area contributed by atoms with Crippen molar-refractivity contribution in [1.29, 1.82) is 0 Å². The second-order valence-corrected chi connectivity index (χ2v) is 9.02. The lowest BCUT2D eigenvalue weighted by Crippen LogP contribution is -2.54. The van der Waals surface area contributed by atoms with Gasteiger partial charge in [-0.1, -0.05) is 6.07 Å². The third-order valence-corrected chi connectivity index (χ3v) is 5.48. The van der Waals surface area contributed by atoms with Crippen LogP contribution in [0.15, 0.2) is 29.4 Å². The van der Waals surface area contributed by atoms with Gasteiger partial charge >= 0.3 is 6.09 Å². The standard InChI is InChI=1S/C22H36N6O2.HI/c1-22(2,3)30-21(29)28-11-7-8-18(17-28)16-25-20(23-4)27-14-12-26(13-15-27)19-9-5-6-10-24-19;/h5-6,9-10,18H,7-8,11-17H2,1-4H3,(H,23,25);1H. The molecule has 0 saturated carbocycles. The van der Waals surface area contributed by atoms with Crippen molar-refractivity contribution in [3.05, 3.63) is 24.4 Å². The molecule has 1 amide bonds. The molecule has 1 atom stereocenters. The van der Waals surface area contributed by atoms with E-state index >= 15 is 0 Å². The quantitative estimate of drug-likeness (QED) is 0.359. The van der Waals surface area contributed by atoms with Crippen molar-refractivity contribution in [2.45, 2.75) is 39.2 Å². The Labute approximate surface area is 203 Å². The van der Waals surface area contributed by atoms with Crippen molar-refractivity contribution >= 4 is 41.8 Å². The average Bonchev–Trinajstić information content (AvgIpc) is 2.74. The Bertz CT molecular complexity index is 716. The predicted octanol–water partition coefficient (Wildman–Crippen LogP) is 3.04. The normalized spacial score (nSPS) is 20.2. The van der Waals surface area contributed by atoms with E-state index in [2.05, 4.69) is 31.2 Å². The van der Waals surface area contributed by atoms with Gasteiger partial charge in [-0.3, -0.25) is 4.99 Å². The van der Waals surface area contributed by atoms with Gasteiger partial charge in [-0.05, 0) is 51.7 Å². The summed E-state index contributed by atoms with van der Waals surface area (Å²) in [4.78, 5) is 27.8. The molecule has 2 saturated heterocycles. The topological polar surface area (TPSA) is 73.3 Å². The van der Waals surface area contributed by atoms with Crippen LogP contribution in [0.1, 0.15) is 33.6 Å². The first-order valence-corrected chi connectivity index (χ1v) is 11.0. The second kappa shape index (κ2) is 11.7.